The molecule has 0 saturated heterocycles. The predicted molar refractivity (Wildman–Crippen MR) is 98.3 cm³/mol. The number of hydrogen-bond acceptors (Lipinski definition) is 4. The minimum atomic E-state index is -0.636. The highest BCUT2D eigenvalue weighted by atomic mass is 19.1. The SMILES string of the molecule is CC(=O)N[C@H](CC(=O)OCC(=O)Nc1ccc(C)c(F)c1)c1ccccc1. The third kappa shape index (κ3) is 6.54. The van der Waals surface area contributed by atoms with Gasteiger partial charge in [0, 0.05) is 12.6 Å². The first-order valence-electron chi connectivity index (χ1n) is 8.39. The van der Waals surface area contributed by atoms with Crippen LogP contribution in [0.25, 0.3) is 0 Å². The summed E-state index contributed by atoms with van der Waals surface area (Å²) in [5.41, 5.74) is 1.49. The highest BCUT2D eigenvalue weighted by molar-refractivity contribution is 5.92. The second kappa shape index (κ2) is 9.47. The van der Waals surface area contributed by atoms with Gasteiger partial charge in [0.1, 0.15) is 5.82 Å². The van der Waals surface area contributed by atoms with Crippen molar-refractivity contribution in [3.8, 4) is 0 Å². The van der Waals surface area contributed by atoms with Crippen LogP contribution in [-0.4, -0.2) is 24.4 Å². The summed E-state index contributed by atoms with van der Waals surface area (Å²) in [6.45, 7) is 2.46. The van der Waals surface area contributed by atoms with E-state index < -0.39 is 30.3 Å². The molecule has 0 unspecified atom stereocenters. The summed E-state index contributed by atoms with van der Waals surface area (Å²) in [6.07, 6.45) is -0.115. The van der Waals surface area contributed by atoms with Crippen LogP contribution in [-0.2, 0) is 19.1 Å². The molecule has 2 amide bonds. The fraction of sp³-hybridized carbons (Fsp3) is 0.250. The molecular formula is C20H21FN2O4. The van der Waals surface area contributed by atoms with Crippen molar-refractivity contribution < 1.29 is 23.5 Å². The maximum Gasteiger partial charge on any atom is 0.308 e. The van der Waals surface area contributed by atoms with E-state index in [0.717, 1.165) is 5.56 Å². The van der Waals surface area contributed by atoms with Gasteiger partial charge in [0.05, 0.1) is 12.5 Å². The number of rotatable bonds is 7. The number of anilines is 1. The Morgan fingerprint density at radius 3 is 2.44 bits per heavy atom. The molecule has 0 bridgehead atoms. The minimum Gasteiger partial charge on any atom is -0.455 e. The van der Waals surface area contributed by atoms with E-state index in [0.29, 0.717) is 5.56 Å². The average molecular weight is 372 g/mol. The lowest BCUT2D eigenvalue weighted by Crippen LogP contribution is -2.29. The molecule has 2 aromatic carbocycles. The van der Waals surface area contributed by atoms with E-state index in [-0.39, 0.29) is 18.0 Å². The molecule has 2 N–H and O–H groups in total. The number of nitrogens with one attached hydrogen (secondary N) is 2. The molecule has 0 spiro atoms. The van der Waals surface area contributed by atoms with Gasteiger partial charge in [-0.15, -0.1) is 0 Å². The first-order valence-corrected chi connectivity index (χ1v) is 8.39. The van der Waals surface area contributed by atoms with Crippen LogP contribution in [0.2, 0.25) is 0 Å². The standard InChI is InChI=1S/C20H21FN2O4/c1-13-8-9-16(10-17(13)21)23-19(25)12-27-20(26)11-18(22-14(2)24)15-6-4-3-5-7-15/h3-10,18H,11-12H2,1-2H3,(H,22,24)(H,23,25)/t18-/m1/s1. The molecule has 0 radical (unpaired) electrons. The van der Waals surface area contributed by atoms with Crippen molar-refractivity contribution in [1.82, 2.24) is 5.32 Å². The summed E-state index contributed by atoms with van der Waals surface area (Å²) in [7, 11) is 0. The Morgan fingerprint density at radius 1 is 1.11 bits per heavy atom. The second-order valence-electron chi connectivity index (χ2n) is 6.04. The molecule has 6 nitrogen and oxygen atoms in total. The fourth-order valence-corrected chi connectivity index (χ4v) is 2.42. The van der Waals surface area contributed by atoms with Crippen LogP contribution in [0.4, 0.5) is 10.1 Å². The molecule has 0 fully saturated rings. The first kappa shape index (κ1) is 20.1. The predicted octanol–water partition coefficient (Wildman–Crippen LogP) is 2.88. The highest BCUT2D eigenvalue weighted by Crippen LogP contribution is 2.17. The zero-order chi connectivity index (χ0) is 19.8. The van der Waals surface area contributed by atoms with Crippen molar-refractivity contribution >= 4 is 23.5 Å². The summed E-state index contributed by atoms with van der Waals surface area (Å²) in [5, 5.41) is 5.14. The number of esters is 1. The lowest BCUT2D eigenvalue weighted by atomic mass is 10.0. The van der Waals surface area contributed by atoms with Gasteiger partial charge in [-0.3, -0.25) is 14.4 Å². The largest absolute Gasteiger partial charge is 0.455 e. The van der Waals surface area contributed by atoms with E-state index in [2.05, 4.69) is 10.6 Å². The Bertz CT molecular complexity index is 824. The first-order chi connectivity index (χ1) is 12.8. The Labute approximate surface area is 156 Å². The molecule has 1 atom stereocenters. The van der Waals surface area contributed by atoms with Crippen molar-refractivity contribution in [2.24, 2.45) is 0 Å². The van der Waals surface area contributed by atoms with Crippen LogP contribution < -0.4 is 10.6 Å². The van der Waals surface area contributed by atoms with Crippen LogP contribution in [0.3, 0.4) is 0 Å². The van der Waals surface area contributed by atoms with Gasteiger partial charge in [-0.1, -0.05) is 36.4 Å². The van der Waals surface area contributed by atoms with Crippen LogP contribution in [0, 0.1) is 12.7 Å². The van der Waals surface area contributed by atoms with Crippen molar-refractivity contribution in [3.63, 3.8) is 0 Å². The van der Waals surface area contributed by atoms with Crippen molar-refractivity contribution in [2.75, 3.05) is 11.9 Å². The third-order valence-corrected chi connectivity index (χ3v) is 3.77. The number of amides is 2. The van der Waals surface area contributed by atoms with E-state index in [1.165, 1.54) is 19.1 Å². The molecule has 142 valence electrons. The Kier molecular flexibility index (Phi) is 7.05. The smallest absolute Gasteiger partial charge is 0.308 e. The van der Waals surface area contributed by atoms with Gasteiger partial charge < -0.3 is 15.4 Å². The van der Waals surface area contributed by atoms with Crippen LogP contribution in [0.15, 0.2) is 48.5 Å². The van der Waals surface area contributed by atoms with Crippen LogP contribution in [0.1, 0.15) is 30.5 Å². The van der Waals surface area contributed by atoms with E-state index in [1.807, 2.05) is 6.07 Å². The summed E-state index contributed by atoms with van der Waals surface area (Å²) >= 11 is 0. The number of hydrogen-bond donors (Lipinski definition) is 2. The lowest BCUT2D eigenvalue weighted by Gasteiger charge is -2.17. The molecular weight excluding hydrogens is 351 g/mol. The number of benzene rings is 2. The number of carbonyl (C=O) groups is 3. The quantitative estimate of drug-likeness (QED) is 0.732. The summed E-state index contributed by atoms with van der Waals surface area (Å²) < 4.78 is 18.4. The van der Waals surface area contributed by atoms with E-state index in [1.54, 1.807) is 37.3 Å². The molecule has 0 aliphatic carbocycles. The van der Waals surface area contributed by atoms with Gasteiger partial charge in [-0.25, -0.2) is 4.39 Å². The van der Waals surface area contributed by atoms with Gasteiger partial charge in [0.2, 0.25) is 5.91 Å². The number of ether oxygens (including phenoxy) is 1. The van der Waals surface area contributed by atoms with Crippen molar-refractivity contribution in [1.29, 1.82) is 0 Å². The Hall–Kier alpha value is -3.22. The van der Waals surface area contributed by atoms with Gasteiger partial charge in [0.25, 0.3) is 5.91 Å². The summed E-state index contributed by atoms with van der Waals surface area (Å²) in [4.78, 5) is 35.3. The number of aryl methyl sites for hydroxylation is 1. The molecule has 0 aromatic heterocycles. The Morgan fingerprint density at radius 2 is 1.81 bits per heavy atom. The van der Waals surface area contributed by atoms with Crippen molar-refractivity contribution in [2.45, 2.75) is 26.3 Å². The van der Waals surface area contributed by atoms with Gasteiger partial charge >= 0.3 is 5.97 Å². The lowest BCUT2D eigenvalue weighted by molar-refractivity contribution is -0.148. The van der Waals surface area contributed by atoms with E-state index in [4.69, 9.17) is 4.74 Å². The normalized spacial score (nSPS) is 11.4. The van der Waals surface area contributed by atoms with Crippen LogP contribution >= 0.6 is 0 Å². The molecule has 7 heteroatoms. The maximum atomic E-state index is 13.5. The maximum absolute atomic E-state index is 13.5. The zero-order valence-electron chi connectivity index (χ0n) is 15.1. The molecule has 0 aliphatic rings. The molecule has 2 aromatic rings. The van der Waals surface area contributed by atoms with E-state index in [9.17, 15) is 18.8 Å². The van der Waals surface area contributed by atoms with E-state index >= 15 is 0 Å². The van der Waals surface area contributed by atoms with Crippen LogP contribution in [0.5, 0.6) is 0 Å². The van der Waals surface area contributed by atoms with Crippen molar-refractivity contribution in [3.05, 3.63) is 65.5 Å². The third-order valence-electron chi connectivity index (χ3n) is 3.77. The zero-order valence-corrected chi connectivity index (χ0v) is 15.1. The topological polar surface area (TPSA) is 84.5 Å². The highest BCUT2D eigenvalue weighted by Gasteiger charge is 2.18. The second-order valence-corrected chi connectivity index (χ2v) is 6.04. The molecule has 0 aliphatic heterocycles. The Balaban J connectivity index is 1.88. The molecule has 2 rings (SSSR count). The minimum absolute atomic E-state index is 0.115. The van der Waals surface area contributed by atoms with Gasteiger partial charge in [-0.2, -0.15) is 0 Å². The summed E-state index contributed by atoms with van der Waals surface area (Å²) in [5.74, 6) is -1.94. The monoisotopic (exact) mass is 372 g/mol. The summed E-state index contributed by atoms with van der Waals surface area (Å²) in [6, 6.07) is 12.7. The number of halogens is 1. The van der Waals surface area contributed by atoms with Gasteiger partial charge in [-0.05, 0) is 30.2 Å². The molecule has 0 saturated carbocycles. The number of carbonyl (C=O) groups excluding carboxylic acids is 3. The molecule has 0 heterocycles. The fourth-order valence-electron chi connectivity index (χ4n) is 2.42. The van der Waals surface area contributed by atoms with Gasteiger partial charge in [0.15, 0.2) is 6.61 Å². The molecule has 27 heavy (non-hydrogen) atoms. The average Bonchev–Trinajstić information content (AvgIpc) is 2.63.